The molecular weight excluding hydrogens is 124 g/mol. The molecule has 1 rings (SSSR count). The Morgan fingerprint density at radius 3 is 2.40 bits per heavy atom. The molecule has 0 aliphatic heterocycles. The Kier molecular flexibility index (Phi) is 2.91. The number of hydrogen-bond acceptors (Lipinski definition) is 1. The molecule has 57 valence electrons. The zero-order valence-electron chi connectivity index (χ0n) is 6.65. The molecule has 0 atom stereocenters. The third-order valence-electron chi connectivity index (χ3n) is 2.06. The van der Waals surface area contributed by atoms with Gasteiger partial charge in [0, 0.05) is 6.42 Å². The molecule has 1 aliphatic rings. The van der Waals surface area contributed by atoms with Crippen LogP contribution in [0.15, 0.2) is 0 Å². The van der Waals surface area contributed by atoms with Crippen LogP contribution in [0, 0.1) is 5.92 Å². The minimum absolute atomic E-state index is 0.330. The molecule has 0 N–H and O–H groups in total. The molecule has 0 aromatic rings. The molecule has 1 aliphatic carbocycles. The zero-order chi connectivity index (χ0) is 7.40. The summed E-state index contributed by atoms with van der Waals surface area (Å²) >= 11 is 0. The van der Waals surface area contributed by atoms with Crippen molar-refractivity contribution in [2.24, 2.45) is 0 Å². The molecule has 1 saturated carbocycles. The first-order valence-corrected chi connectivity index (χ1v) is 4.12. The van der Waals surface area contributed by atoms with Crippen molar-refractivity contribution in [1.82, 2.24) is 0 Å². The topological polar surface area (TPSA) is 17.1 Å². The Hall–Kier alpha value is -0.330. The maximum atomic E-state index is 10.7. The standard InChI is InChI=1S/C9H15O/c1-8(10)7-9-5-3-2-4-6-9/h2-7H2,1H3. The van der Waals surface area contributed by atoms with Crippen molar-refractivity contribution in [3.8, 4) is 0 Å². The summed E-state index contributed by atoms with van der Waals surface area (Å²) in [5.74, 6) is 1.82. The molecule has 1 radical (unpaired) electrons. The molecular formula is C9H15O. The minimum atomic E-state index is 0.330. The lowest BCUT2D eigenvalue weighted by Crippen LogP contribution is -2.07. The van der Waals surface area contributed by atoms with Crippen molar-refractivity contribution in [2.45, 2.75) is 45.4 Å². The van der Waals surface area contributed by atoms with Crippen LogP contribution in [0.3, 0.4) is 0 Å². The average Bonchev–Trinajstić information content (AvgIpc) is 1.88. The molecule has 0 unspecified atom stereocenters. The highest BCUT2D eigenvalue weighted by Crippen LogP contribution is 2.27. The van der Waals surface area contributed by atoms with Crippen LogP contribution in [0.2, 0.25) is 0 Å². The van der Waals surface area contributed by atoms with E-state index in [1.54, 1.807) is 6.92 Å². The summed E-state index contributed by atoms with van der Waals surface area (Å²) in [6.45, 7) is 1.68. The largest absolute Gasteiger partial charge is 0.300 e. The molecule has 0 amide bonds. The van der Waals surface area contributed by atoms with Crippen LogP contribution in [0.5, 0.6) is 0 Å². The van der Waals surface area contributed by atoms with Crippen molar-refractivity contribution in [1.29, 1.82) is 0 Å². The van der Waals surface area contributed by atoms with Crippen LogP contribution in [-0.2, 0) is 4.79 Å². The molecule has 10 heavy (non-hydrogen) atoms. The van der Waals surface area contributed by atoms with Gasteiger partial charge in [0.2, 0.25) is 0 Å². The summed E-state index contributed by atoms with van der Waals surface area (Å²) in [6, 6.07) is 0. The minimum Gasteiger partial charge on any atom is -0.300 e. The Morgan fingerprint density at radius 1 is 1.30 bits per heavy atom. The maximum absolute atomic E-state index is 10.7. The van der Waals surface area contributed by atoms with Gasteiger partial charge in [-0.15, -0.1) is 0 Å². The maximum Gasteiger partial charge on any atom is 0.130 e. The molecule has 1 heteroatoms. The fourth-order valence-electron chi connectivity index (χ4n) is 1.58. The van der Waals surface area contributed by atoms with Gasteiger partial charge in [-0.2, -0.15) is 0 Å². The summed E-state index contributed by atoms with van der Waals surface area (Å²) in [5.41, 5.74) is 0. The predicted molar refractivity (Wildman–Crippen MR) is 41.6 cm³/mol. The van der Waals surface area contributed by atoms with Crippen LogP contribution in [-0.4, -0.2) is 5.78 Å². The average molecular weight is 139 g/mol. The highest BCUT2D eigenvalue weighted by molar-refractivity contribution is 5.77. The quantitative estimate of drug-likeness (QED) is 0.574. The summed E-state index contributed by atoms with van der Waals surface area (Å²) in [4.78, 5) is 10.7. The van der Waals surface area contributed by atoms with E-state index in [0.717, 1.165) is 6.42 Å². The van der Waals surface area contributed by atoms with Crippen LogP contribution < -0.4 is 0 Å². The van der Waals surface area contributed by atoms with Gasteiger partial charge in [0.15, 0.2) is 0 Å². The molecule has 0 saturated heterocycles. The van der Waals surface area contributed by atoms with E-state index >= 15 is 0 Å². The van der Waals surface area contributed by atoms with Crippen molar-refractivity contribution < 1.29 is 4.79 Å². The smallest absolute Gasteiger partial charge is 0.130 e. The Labute approximate surface area is 62.8 Å². The lowest BCUT2D eigenvalue weighted by molar-refractivity contribution is -0.116. The first-order valence-electron chi connectivity index (χ1n) is 4.12. The van der Waals surface area contributed by atoms with Crippen molar-refractivity contribution in [3.05, 3.63) is 5.92 Å². The summed E-state index contributed by atoms with van der Waals surface area (Å²) in [5, 5.41) is 0. The summed E-state index contributed by atoms with van der Waals surface area (Å²) in [6.07, 6.45) is 7.14. The summed E-state index contributed by atoms with van der Waals surface area (Å²) in [7, 11) is 0. The Balaban J connectivity index is 2.19. The fourth-order valence-corrected chi connectivity index (χ4v) is 1.58. The van der Waals surface area contributed by atoms with E-state index in [9.17, 15) is 4.79 Å². The number of ketones is 1. The first-order chi connectivity index (χ1) is 4.79. The molecule has 0 aromatic carbocycles. The monoisotopic (exact) mass is 139 g/mol. The van der Waals surface area contributed by atoms with Gasteiger partial charge < -0.3 is 4.79 Å². The van der Waals surface area contributed by atoms with Gasteiger partial charge in [0.25, 0.3) is 0 Å². The van der Waals surface area contributed by atoms with Crippen LogP contribution >= 0.6 is 0 Å². The van der Waals surface area contributed by atoms with Gasteiger partial charge in [0.05, 0.1) is 0 Å². The third kappa shape index (κ3) is 2.51. The van der Waals surface area contributed by atoms with E-state index in [-0.39, 0.29) is 0 Å². The molecule has 0 spiro atoms. The molecule has 0 heterocycles. The van der Waals surface area contributed by atoms with Crippen LogP contribution in [0.1, 0.15) is 45.4 Å². The van der Waals surface area contributed by atoms with Gasteiger partial charge >= 0.3 is 0 Å². The van der Waals surface area contributed by atoms with Gasteiger partial charge in [0.1, 0.15) is 5.78 Å². The Morgan fingerprint density at radius 2 is 1.90 bits per heavy atom. The lowest BCUT2D eigenvalue weighted by atomic mass is 9.86. The molecule has 1 fully saturated rings. The van der Waals surface area contributed by atoms with E-state index in [2.05, 4.69) is 0 Å². The second-order valence-electron chi connectivity index (χ2n) is 3.19. The highest BCUT2D eigenvalue weighted by Gasteiger charge is 2.14. The normalized spacial score (nSPS) is 20.9. The van der Waals surface area contributed by atoms with E-state index < -0.39 is 0 Å². The SMILES string of the molecule is CC(=O)C[C]1CCCCC1. The molecule has 1 nitrogen and oxygen atoms in total. The van der Waals surface area contributed by atoms with Crippen molar-refractivity contribution in [2.75, 3.05) is 0 Å². The van der Waals surface area contributed by atoms with Crippen LogP contribution in [0.4, 0.5) is 0 Å². The highest BCUT2D eigenvalue weighted by atomic mass is 16.1. The zero-order valence-corrected chi connectivity index (χ0v) is 6.65. The van der Waals surface area contributed by atoms with E-state index in [1.165, 1.54) is 38.0 Å². The second kappa shape index (κ2) is 3.75. The van der Waals surface area contributed by atoms with Gasteiger partial charge in [-0.1, -0.05) is 19.3 Å². The molecule has 0 aromatic heterocycles. The van der Waals surface area contributed by atoms with Gasteiger partial charge in [-0.25, -0.2) is 0 Å². The number of carbonyl (C=O) groups excluding carboxylic acids is 1. The number of carbonyl (C=O) groups is 1. The Bertz CT molecular complexity index is 112. The molecule has 0 bridgehead atoms. The number of hydrogen-bond donors (Lipinski definition) is 0. The second-order valence-corrected chi connectivity index (χ2v) is 3.19. The van der Waals surface area contributed by atoms with Crippen molar-refractivity contribution >= 4 is 5.78 Å². The third-order valence-corrected chi connectivity index (χ3v) is 2.06. The summed E-state index contributed by atoms with van der Waals surface area (Å²) < 4.78 is 0. The van der Waals surface area contributed by atoms with Gasteiger partial charge in [-0.3, -0.25) is 0 Å². The van der Waals surface area contributed by atoms with E-state index in [4.69, 9.17) is 0 Å². The van der Waals surface area contributed by atoms with E-state index in [0.29, 0.717) is 5.78 Å². The van der Waals surface area contributed by atoms with Gasteiger partial charge in [-0.05, 0) is 25.7 Å². The predicted octanol–water partition coefficient (Wildman–Crippen LogP) is 2.50. The fraction of sp³-hybridized carbons (Fsp3) is 0.778. The lowest BCUT2D eigenvalue weighted by Gasteiger charge is -2.19. The van der Waals surface area contributed by atoms with E-state index in [1.807, 2.05) is 0 Å². The number of rotatable bonds is 2. The first kappa shape index (κ1) is 7.77. The number of Topliss-reactive ketones (excluding diaryl/α,β-unsaturated/α-hetero) is 1. The van der Waals surface area contributed by atoms with Crippen LogP contribution in [0.25, 0.3) is 0 Å². The van der Waals surface area contributed by atoms with Crippen molar-refractivity contribution in [3.63, 3.8) is 0 Å².